The molecule has 0 spiro atoms. The quantitative estimate of drug-likeness (QED) is 0.105. The van der Waals surface area contributed by atoms with Crippen molar-refractivity contribution < 1.29 is 19.0 Å². The molecule has 6 rings (SSSR count). The fourth-order valence-corrected chi connectivity index (χ4v) is 6.60. The van der Waals surface area contributed by atoms with Crippen molar-refractivity contribution in [1.82, 2.24) is 14.8 Å². The van der Waals surface area contributed by atoms with Gasteiger partial charge in [-0.25, -0.2) is 4.98 Å². The number of carbonyl (C=O) groups excluding carboxylic acids is 1. The third-order valence-electron chi connectivity index (χ3n) is 9.24. The highest BCUT2D eigenvalue weighted by molar-refractivity contribution is 6.32. The lowest BCUT2D eigenvalue weighted by molar-refractivity contribution is -0.127. The minimum Gasteiger partial charge on any atom is -0.493 e. The molecule has 1 aromatic heterocycles. The Morgan fingerprint density at radius 1 is 0.830 bits per heavy atom. The van der Waals surface area contributed by atoms with Crippen LogP contribution >= 0.6 is 23.2 Å². The van der Waals surface area contributed by atoms with E-state index < -0.39 is 0 Å². The van der Waals surface area contributed by atoms with Crippen LogP contribution in [0, 0.1) is 6.92 Å². The Kier molecular flexibility index (Phi) is 13.1. The highest BCUT2D eigenvalue weighted by Gasteiger charge is 2.20. The van der Waals surface area contributed by atoms with Crippen molar-refractivity contribution in [2.75, 3.05) is 32.8 Å². The summed E-state index contributed by atoms with van der Waals surface area (Å²) in [5.74, 6) is 2.89. The Morgan fingerprint density at radius 3 is 2.32 bits per heavy atom. The molecule has 1 aliphatic rings. The number of benzene rings is 4. The molecule has 5 aromatic rings. The summed E-state index contributed by atoms with van der Waals surface area (Å²) in [7, 11) is 0. The fourth-order valence-electron chi connectivity index (χ4n) is 6.10. The largest absolute Gasteiger partial charge is 0.493 e. The van der Waals surface area contributed by atoms with E-state index in [-0.39, 0.29) is 5.91 Å². The third-order valence-corrected chi connectivity index (χ3v) is 9.88. The number of amides is 1. The number of halogens is 2. The average molecular weight is 751 g/mol. The normalized spacial score (nSPS) is 13.4. The first-order valence-electron chi connectivity index (χ1n) is 18.0. The summed E-state index contributed by atoms with van der Waals surface area (Å²) in [6.45, 7) is 11.1. The summed E-state index contributed by atoms with van der Waals surface area (Å²) in [5, 5.41) is 1.09. The van der Waals surface area contributed by atoms with Gasteiger partial charge in [-0.1, -0.05) is 91.6 Å². The predicted octanol–water partition coefficient (Wildman–Crippen LogP) is 10.2. The summed E-state index contributed by atoms with van der Waals surface area (Å²) in [4.78, 5) is 21.7. The summed E-state index contributed by atoms with van der Waals surface area (Å²) < 4.78 is 17.9. The Bertz CT molecular complexity index is 1980. The number of ether oxygens (including phenoxy) is 3. The molecular weight excluding hydrogens is 705 g/mol. The molecule has 0 atom stereocenters. The van der Waals surface area contributed by atoms with E-state index in [0.717, 1.165) is 48.5 Å². The first-order valence-corrected chi connectivity index (χ1v) is 18.8. The van der Waals surface area contributed by atoms with Gasteiger partial charge in [0, 0.05) is 61.9 Å². The van der Waals surface area contributed by atoms with Crippen LogP contribution in [-0.2, 0) is 24.4 Å². The zero-order valence-electron chi connectivity index (χ0n) is 30.4. The van der Waals surface area contributed by atoms with Crippen molar-refractivity contribution >= 4 is 35.2 Å². The fraction of sp³-hybridized carbons (Fsp3) is 0.273. The summed E-state index contributed by atoms with van der Waals surface area (Å²) in [6.07, 6.45) is 5.88. The molecule has 53 heavy (non-hydrogen) atoms. The Balaban J connectivity index is 0.930. The topological polar surface area (TPSA) is 64.1 Å². The van der Waals surface area contributed by atoms with Gasteiger partial charge in [0.2, 0.25) is 11.8 Å². The summed E-state index contributed by atoms with van der Waals surface area (Å²) in [5.41, 5.74) is 6.36. The predicted molar refractivity (Wildman–Crippen MR) is 213 cm³/mol. The molecule has 274 valence electrons. The van der Waals surface area contributed by atoms with Gasteiger partial charge in [0.25, 0.3) is 0 Å². The molecule has 7 nitrogen and oxygen atoms in total. The minimum absolute atomic E-state index is 0.0118. The van der Waals surface area contributed by atoms with Gasteiger partial charge in [0.1, 0.15) is 18.1 Å². The number of carbonyl (C=O) groups is 1. The number of nitrogens with zero attached hydrogens (tertiary/aromatic N) is 3. The van der Waals surface area contributed by atoms with Crippen molar-refractivity contribution in [1.29, 1.82) is 0 Å². The molecule has 0 aliphatic carbocycles. The van der Waals surface area contributed by atoms with Crippen LogP contribution in [0.1, 0.15) is 53.1 Å². The zero-order valence-corrected chi connectivity index (χ0v) is 31.9. The van der Waals surface area contributed by atoms with Crippen LogP contribution in [0.3, 0.4) is 0 Å². The maximum absolute atomic E-state index is 13.1. The first-order chi connectivity index (χ1) is 25.7. The molecule has 1 fully saturated rings. The monoisotopic (exact) mass is 749 g/mol. The molecule has 1 amide bonds. The van der Waals surface area contributed by atoms with Crippen molar-refractivity contribution in [3.05, 3.63) is 153 Å². The van der Waals surface area contributed by atoms with Gasteiger partial charge in [-0.3, -0.25) is 9.69 Å². The van der Waals surface area contributed by atoms with Crippen molar-refractivity contribution in [3.63, 3.8) is 0 Å². The third kappa shape index (κ3) is 10.9. The standard InChI is InChI=1S/C44H45Cl2N3O4/c1-31(2)36-8-6-9-38(27-36)51-24-19-33-11-13-34(14-12-33)29-48-20-22-49(23-21-48)43(50)18-15-35-25-32(3)44(41(46)26-35)53-42-17-16-39(28-47-42)52-30-37-7-4-5-10-40(37)45/h4-18,25-28,31H,19-24,29-30H2,1-3H3/b18-15+. The summed E-state index contributed by atoms with van der Waals surface area (Å²) >= 11 is 12.9. The molecule has 4 aromatic carbocycles. The maximum atomic E-state index is 13.1. The number of hydrogen-bond acceptors (Lipinski definition) is 6. The van der Waals surface area contributed by atoms with Gasteiger partial charge < -0.3 is 19.1 Å². The van der Waals surface area contributed by atoms with Gasteiger partial charge in [0.05, 0.1) is 17.8 Å². The van der Waals surface area contributed by atoms with Crippen LogP contribution in [0.5, 0.6) is 23.1 Å². The second-order valence-electron chi connectivity index (χ2n) is 13.5. The number of hydrogen-bond donors (Lipinski definition) is 0. The first kappa shape index (κ1) is 37.9. The van der Waals surface area contributed by atoms with Crippen LogP contribution in [0.2, 0.25) is 10.0 Å². The highest BCUT2D eigenvalue weighted by Crippen LogP contribution is 2.34. The van der Waals surface area contributed by atoms with Gasteiger partial charge in [-0.05, 0) is 83.1 Å². The Morgan fingerprint density at radius 2 is 1.60 bits per heavy atom. The lowest BCUT2D eigenvalue weighted by atomic mass is 10.0. The molecule has 9 heteroatoms. The Hall–Kier alpha value is -4.82. The molecule has 0 bridgehead atoms. The number of pyridine rings is 1. The van der Waals surface area contributed by atoms with Crippen LogP contribution in [0.4, 0.5) is 0 Å². The molecule has 0 radical (unpaired) electrons. The van der Waals surface area contributed by atoms with Gasteiger partial charge in [-0.15, -0.1) is 0 Å². The van der Waals surface area contributed by atoms with E-state index in [4.69, 9.17) is 37.4 Å². The van der Waals surface area contributed by atoms with Crippen LogP contribution in [0.15, 0.2) is 109 Å². The lowest BCUT2D eigenvalue weighted by Gasteiger charge is -2.34. The van der Waals surface area contributed by atoms with Gasteiger partial charge in [-0.2, -0.15) is 0 Å². The van der Waals surface area contributed by atoms with E-state index >= 15 is 0 Å². The molecule has 2 heterocycles. The molecule has 0 N–H and O–H groups in total. The highest BCUT2D eigenvalue weighted by atomic mass is 35.5. The van der Waals surface area contributed by atoms with Gasteiger partial charge in [0.15, 0.2) is 5.75 Å². The van der Waals surface area contributed by atoms with Crippen molar-refractivity contribution in [2.24, 2.45) is 0 Å². The van der Waals surface area contributed by atoms with Crippen molar-refractivity contribution in [3.8, 4) is 23.1 Å². The van der Waals surface area contributed by atoms with Gasteiger partial charge >= 0.3 is 0 Å². The molecule has 0 unspecified atom stereocenters. The van der Waals surface area contributed by atoms with E-state index in [1.165, 1.54) is 16.7 Å². The van der Waals surface area contributed by atoms with Crippen LogP contribution < -0.4 is 14.2 Å². The maximum Gasteiger partial charge on any atom is 0.246 e. The molecule has 0 saturated carbocycles. The van der Waals surface area contributed by atoms with Crippen LogP contribution in [0.25, 0.3) is 6.08 Å². The number of aryl methyl sites for hydroxylation is 1. The second-order valence-corrected chi connectivity index (χ2v) is 14.4. The van der Waals surface area contributed by atoms with Crippen LogP contribution in [-0.4, -0.2) is 53.5 Å². The van der Waals surface area contributed by atoms with E-state index in [2.05, 4.69) is 66.2 Å². The minimum atomic E-state index is -0.0118. The molecular formula is C44H45Cl2N3O4. The molecule has 1 saturated heterocycles. The number of aromatic nitrogens is 1. The number of rotatable bonds is 14. The number of piperazine rings is 1. The van der Waals surface area contributed by atoms with E-state index in [0.29, 0.717) is 59.6 Å². The van der Waals surface area contributed by atoms with E-state index in [9.17, 15) is 4.79 Å². The smallest absolute Gasteiger partial charge is 0.246 e. The van der Waals surface area contributed by atoms with Crippen molar-refractivity contribution in [2.45, 2.75) is 46.3 Å². The second kappa shape index (κ2) is 18.3. The lowest BCUT2D eigenvalue weighted by Crippen LogP contribution is -2.47. The Labute approximate surface area is 322 Å². The average Bonchev–Trinajstić information content (AvgIpc) is 3.16. The molecule has 1 aliphatic heterocycles. The van der Waals surface area contributed by atoms with E-state index in [1.54, 1.807) is 36.5 Å². The zero-order chi connectivity index (χ0) is 37.2. The van der Waals surface area contributed by atoms with E-state index in [1.807, 2.05) is 48.2 Å². The SMILES string of the molecule is Cc1cc(/C=C/C(=O)N2CCN(Cc3ccc(CCOc4cccc(C(C)C)c4)cc3)CC2)cc(Cl)c1Oc1ccc(OCc2ccccc2Cl)cn1. The summed E-state index contributed by atoms with van der Waals surface area (Å²) in [6, 6.07) is 31.9.